The molecule has 1 aliphatic heterocycles. The number of hydrogen-bond acceptors (Lipinski definition) is 5. The summed E-state index contributed by atoms with van der Waals surface area (Å²) < 4.78 is 5.31. The van der Waals surface area contributed by atoms with Crippen LogP contribution in [0.2, 0.25) is 0 Å². The Balaban J connectivity index is 1.53. The largest absolute Gasteiger partial charge is 0.467 e. The molecule has 0 radical (unpaired) electrons. The van der Waals surface area contributed by atoms with Crippen molar-refractivity contribution < 1.29 is 9.21 Å². The lowest BCUT2D eigenvalue weighted by Crippen LogP contribution is -2.52. The van der Waals surface area contributed by atoms with Gasteiger partial charge < -0.3 is 19.5 Å². The van der Waals surface area contributed by atoms with Gasteiger partial charge in [0.25, 0.3) is 0 Å². The van der Waals surface area contributed by atoms with E-state index in [9.17, 15) is 4.79 Å². The number of hydrogen-bond donors (Lipinski definition) is 1. The van der Waals surface area contributed by atoms with Crippen molar-refractivity contribution in [1.82, 2.24) is 20.2 Å². The molecule has 0 bridgehead atoms. The standard InChI is InChI=1S/C16H21N5O2/c1-12(14-4-3-11-23-14)18-16(22)21-9-7-20(8-10-21)15-5-6-17-13(2)19-15/h3-6,11-12H,7-10H2,1-2H3,(H,18,22). The molecule has 122 valence electrons. The van der Waals surface area contributed by atoms with E-state index >= 15 is 0 Å². The Labute approximate surface area is 135 Å². The fourth-order valence-electron chi connectivity index (χ4n) is 2.64. The summed E-state index contributed by atoms with van der Waals surface area (Å²) in [6.45, 7) is 6.65. The van der Waals surface area contributed by atoms with Gasteiger partial charge in [-0.05, 0) is 32.0 Å². The molecule has 1 saturated heterocycles. The minimum Gasteiger partial charge on any atom is -0.467 e. The molecule has 1 aliphatic rings. The molecular formula is C16H21N5O2. The summed E-state index contributed by atoms with van der Waals surface area (Å²) in [7, 11) is 0. The monoisotopic (exact) mass is 315 g/mol. The second kappa shape index (κ2) is 6.68. The lowest BCUT2D eigenvalue weighted by molar-refractivity contribution is 0.189. The topological polar surface area (TPSA) is 74.5 Å². The Bertz CT molecular complexity index is 650. The molecule has 1 atom stereocenters. The number of rotatable bonds is 3. The fourth-order valence-corrected chi connectivity index (χ4v) is 2.64. The van der Waals surface area contributed by atoms with E-state index < -0.39 is 0 Å². The SMILES string of the molecule is Cc1nccc(N2CCN(C(=O)NC(C)c3ccco3)CC2)n1. The van der Waals surface area contributed by atoms with Gasteiger partial charge in [0.2, 0.25) is 0 Å². The number of nitrogens with one attached hydrogen (secondary N) is 1. The molecule has 0 aromatic carbocycles. The molecule has 2 aromatic rings. The van der Waals surface area contributed by atoms with E-state index in [0.717, 1.165) is 30.5 Å². The average Bonchev–Trinajstić information content (AvgIpc) is 3.09. The predicted octanol–water partition coefficient (Wildman–Crippen LogP) is 1.97. The normalized spacial score (nSPS) is 16.3. The van der Waals surface area contributed by atoms with Crippen LogP contribution >= 0.6 is 0 Å². The van der Waals surface area contributed by atoms with Gasteiger partial charge >= 0.3 is 6.03 Å². The molecule has 23 heavy (non-hydrogen) atoms. The summed E-state index contributed by atoms with van der Waals surface area (Å²) in [5.41, 5.74) is 0. The molecular weight excluding hydrogens is 294 g/mol. The quantitative estimate of drug-likeness (QED) is 0.937. The van der Waals surface area contributed by atoms with Gasteiger partial charge in [-0.25, -0.2) is 14.8 Å². The maximum absolute atomic E-state index is 12.3. The minimum absolute atomic E-state index is 0.0626. The van der Waals surface area contributed by atoms with Gasteiger partial charge in [-0.3, -0.25) is 0 Å². The van der Waals surface area contributed by atoms with Crippen LogP contribution in [0.5, 0.6) is 0 Å². The molecule has 1 unspecified atom stereocenters. The lowest BCUT2D eigenvalue weighted by Gasteiger charge is -2.35. The van der Waals surface area contributed by atoms with Crippen LogP contribution in [0.15, 0.2) is 35.1 Å². The fraction of sp³-hybridized carbons (Fsp3) is 0.438. The van der Waals surface area contributed by atoms with Gasteiger partial charge in [-0.2, -0.15) is 0 Å². The Morgan fingerprint density at radius 1 is 1.30 bits per heavy atom. The lowest BCUT2D eigenvalue weighted by atomic mass is 10.2. The van der Waals surface area contributed by atoms with Crippen molar-refractivity contribution in [2.45, 2.75) is 19.9 Å². The maximum atomic E-state index is 12.3. The zero-order valence-corrected chi connectivity index (χ0v) is 13.4. The molecule has 3 rings (SSSR count). The smallest absolute Gasteiger partial charge is 0.318 e. The number of furan rings is 1. The molecule has 2 aromatic heterocycles. The number of piperazine rings is 1. The summed E-state index contributed by atoms with van der Waals surface area (Å²) in [5, 5.41) is 2.96. The maximum Gasteiger partial charge on any atom is 0.318 e. The molecule has 2 amide bonds. The molecule has 1 fully saturated rings. The minimum atomic E-state index is -0.139. The second-order valence-corrected chi connectivity index (χ2v) is 5.62. The summed E-state index contributed by atoms with van der Waals surface area (Å²) in [6, 6.07) is 5.38. The van der Waals surface area contributed by atoms with Gasteiger partial charge in [-0.15, -0.1) is 0 Å². The summed E-state index contributed by atoms with van der Waals surface area (Å²) in [5.74, 6) is 2.44. The van der Waals surface area contributed by atoms with Crippen LogP contribution in [0, 0.1) is 6.92 Å². The second-order valence-electron chi connectivity index (χ2n) is 5.62. The highest BCUT2D eigenvalue weighted by Gasteiger charge is 2.23. The number of nitrogens with zero attached hydrogens (tertiary/aromatic N) is 4. The van der Waals surface area contributed by atoms with E-state index in [4.69, 9.17) is 4.42 Å². The number of anilines is 1. The first-order valence-corrected chi connectivity index (χ1v) is 7.77. The third kappa shape index (κ3) is 3.61. The molecule has 0 saturated carbocycles. The van der Waals surface area contributed by atoms with Crippen LogP contribution in [0.4, 0.5) is 10.6 Å². The van der Waals surface area contributed by atoms with E-state index in [0.29, 0.717) is 13.1 Å². The summed E-state index contributed by atoms with van der Waals surface area (Å²) >= 11 is 0. The van der Waals surface area contributed by atoms with Gasteiger partial charge in [-0.1, -0.05) is 0 Å². The number of aromatic nitrogens is 2. The first-order valence-electron chi connectivity index (χ1n) is 7.77. The zero-order chi connectivity index (χ0) is 16.2. The van der Waals surface area contributed by atoms with E-state index in [-0.39, 0.29) is 12.1 Å². The van der Waals surface area contributed by atoms with Crippen molar-refractivity contribution >= 4 is 11.8 Å². The van der Waals surface area contributed by atoms with Gasteiger partial charge in [0, 0.05) is 32.4 Å². The van der Waals surface area contributed by atoms with E-state index in [1.165, 1.54) is 0 Å². The van der Waals surface area contributed by atoms with Crippen LogP contribution < -0.4 is 10.2 Å². The predicted molar refractivity (Wildman–Crippen MR) is 86.2 cm³/mol. The summed E-state index contributed by atoms with van der Waals surface area (Å²) in [6.07, 6.45) is 3.38. The van der Waals surface area contributed by atoms with Crippen molar-refractivity contribution in [2.75, 3.05) is 31.1 Å². The van der Waals surface area contributed by atoms with Crippen molar-refractivity contribution in [3.63, 3.8) is 0 Å². The highest BCUT2D eigenvalue weighted by Crippen LogP contribution is 2.15. The molecule has 7 heteroatoms. The summed E-state index contributed by atoms with van der Waals surface area (Å²) in [4.78, 5) is 24.9. The van der Waals surface area contributed by atoms with Crippen LogP contribution in [0.1, 0.15) is 24.6 Å². The number of amides is 2. The molecule has 7 nitrogen and oxygen atoms in total. The third-order valence-corrected chi connectivity index (χ3v) is 3.96. The number of carbonyl (C=O) groups is 1. The van der Waals surface area contributed by atoms with E-state index in [1.807, 2.05) is 36.9 Å². The Hall–Kier alpha value is -2.57. The van der Waals surface area contributed by atoms with Crippen molar-refractivity contribution in [2.24, 2.45) is 0 Å². The van der Waals surface area contributed by atoms with Gasteiger partial charge in [0.15, 0.2) is 0 Å². The Kier molecular flexibility index (Phi) is 4.45. The zero-order valence-electron chi connectivity index (χ0n) is 13.4. The van der Waals surface area contributed by atoms with E-state index in [1.54, 1.807) is 12.5 Å². The third-order valence-electron chi connectivity index (χ3n) is 3.96. The number of urea groups is 1. The molecule has 1 N–H and O–H groups in total. The van der Waals surface area contributed by atoms with Crippen molar-refractivity contribution in [3.05, 3.63) is 42.2 Å². The highest BCUT2D eigenvalue weighted by atomic mass is 16.3. The van der Waals surface area contributed by atoms with Crippen LogP contribution in [-0.2, 0) is 0 Å². The molecule has 0 aliphatic carbocycles. The van der Waals surface area contributed by atoms with E-state index in [2.05, 4.69) is 20.2 Å². The van der Waals surface area contributed by atoms with Crippen molar-refractivity contribution in [1.29, 1.82) is 0 Å². The van der Waals surface area contributed by atoms with Crippen LogP contribution in [-0.4, -0.2) is 47.1 Å². The van der Waals surface area contributed by atoms with Crippen LogP contribution in [0.3, 0.4) is 0 Å². The first-order chi connectivity index (χ1) is 11.1. The Morgan fingerprint density at radius 2 is 2.09 bits per heavy atom. The Morgan fingerprint density at radius 3 is 2.74 bits per heavy atom. The van der Waals surface area contributed by atoms with Gasteiger partial charge in [0.05, 0.1) is 12.3 Å². The number of carbonyl (C=O) groups excluding carboxylic acids is 1. The van der Waals surface area contributed by atoms with Crippen molar-refractivity contribution in [3.8, 4) is 0 Å². The van der Waals surface area contributed by atoms with Crippen LogP contribution in [0.25, 0.3) is 0 Å². The number of aryl methyl sites for hydroxylation is 1. The van der Waals surface area contributed by atoms with Gasteiger partial charge in [0.1, 0.15) is 17.4 Å². The molecule has 0 spiro atoms. The molecule has 3 heterocycles. The highest BCUT2D eigenvalue weighted by molar-refractivity contribution is 5.75. The average molecular weight is 315 g/mol. The first kappa shape index (κ1) is 15.3.